The summed E-state index contributed by atoms with van der Waals surface area (Å²) < 4.78 is 5.93. The van der Waals surface area contributed by atoms with Gasteiger partial charge in [-0.3, -0.25) is 4.79 Å². The molecule has 0 radical (unpaired) electrons. The Balaban J connectivity index is 2.00. The summed E-state index contributed by atoms with van der Waals surface area (Å²) in [5, 5.41) is 3.43. The van der Waals surface area contributed by atoms with Crippen LogP contribution in [0.15, 0.2) is 46.2 Å². The molecule has 0 saturated carbocycles. The molecule has 3 rings (SSSR count). The molecule has 0 saturated heterocycles. The van der Waals surface area contributed by atoms with E-state index in [9.17, 15) is 4.79 Å². The fourth-order valence-electron chi connectivity index (χ4n) is 2.58. The summed E-state index contributed by atoms with van der Waals surface area (Å²) >= 11 is 1.67. The first kappa shape index (κ1) is 17.6. The van der Waals surface area contributed by atoms with Gasteiger partial charge in [0, 0.05) is 30.4 Å². The van der Waals surface area contributed by atoms with Gasteiger partial charge in [-0.1, -0.05) is 23.9 Å². The molecule has 0 atom stereocenters. The van der Waals surface area contributed by atoms with Crippen molar-refractivity contribution >= 4 is 29.0 Å². The summed E-state index contributed by atoms with van der Waals surface area (Å²) in [6, 6.07) is 12.0. The van der Waals surface area contributed by atoms with Crippen LogP contribution >= 0.6 is 11.8 Å². The van der Waals surface area contributed by atoms with E-state index in [-0.39, 0.29) is 5.91 Å². The Labute approximate surface area is 153 Å². The van der Waals surface area contributed by atoms with Crippen LogP contribution in [0.3, 0.4) is 0 Å². The quantitative estimate of drug-likeness (QED) is 0.757. The Morgan fingerprint density at radius 1 is 1.08 bits per heavy atom. The number of nitrogens with zero attached hydrogens (tertiary/aromatic N) is 2. The number of para-hydroxylation sites is 1. The molecule has 0 spiro atoms. The molecule has 2 aromatic rings. The minimum Gasteiger partial charge on any atom is -0.491 e. The van der Waals surface area contributed by atoms with E-state index >= 15 is 0 Å². The van der Waals surface area contributed by atoms with Gasteiger partial charge in [-0.25, -0.2) is 0 Å². The van der Waals surface area contributed by atoms with E-state index in [1.807, 2.05) is 44.4 Å². The lowest BCUT2D eigenvalue weighted by molar-refractivity contribution is 0.0823. The van der Waals surface area contributed by atoms with Crippen LogP contribution in [0, 0.1) is 0 Å². The van der Waals surface area contributed by atoms with Gasteiger partial charge in [-0.05, 0) is 38.4 Å². The summed E-state index contributed by atoms with van der Waals surface area (Å²) in [6.45, 7) is 1.32. The largest absolute Gasteiger partial charge is 0.491 e. The number of ether oxygens (including phenoxy) is 1. The molecule has 1 amide bonds. The average molecular weight is 357 g/mol. The molecule has 5 nitrogen and oxygen atoms in total. The second-order valence-electron chi connectivity index (χ2n) is 6.39. The Hall–Kier alpha value is -2.18. The fourth-order valence-corrected chi connectivity index (χ4v) is 3.58. The molecular formula is C19H23N3O2S. The first-order valence-corrected chi connectivity index (χ1v) is 8.99. The first-order chi connectivity index (χ1) is 12.0. The van der Waals surface area contributed by atoms with Crippen molar-refractivity contribution in [3.63, 3.8) is 0 Å². The van der Waals surface area contributed by atoms with E-state index in [4.69, 9.17) is 4.74 Å². The molecule has 1 heterocycles. The number of nitrogens with one attached hydrogen (secondary N) is 1. The number of likely N-dealkylation sites (N-methyl/N-ethyl adjacent to an activating group) is 1. The van der Waals surface area contributed by atoms with E-state index in [0.29, 0.717) is 17.9 Å². The highest BCUT2D eigenvalue weighted by Gasteiger charge is 2.26. The zero-order chi connectivity index (χ0) is 18.0. The second-order valence-corrected chi connectivity index (χ2v) is 7.47. The van der Waals surface area contributed by atoms with Crippen molar-refractivity contribution in [2.75, 3.05) is 46.7 Å². The van der Waals surface area contributed by atoms with Crippen LogP contribution in [0.2, 0.25) is 0 Å². The third kappa shape index (κ3) is 3.75. The maximum Gasteiger partial charge on any atom is 0.259 e. The molecule has 1 aliphatic heterocycles. The van der Waals surface area contributed by atoms with E-state index in [1.165, 1.54) is 0 Å². The summed E-state index contributed by atoms with van der Waals surface area (Å²) in [7, 11) is 7.51. The highest BCUT2D eigenvalue weighted by Crippen LogP contribution is 2.47. The van der Waals surface area contributed by atoms with Crippen LogP contribution in [0.5, 0.6) is 5.75 Å². The second kappa shape index (κ2) is 7.37. The predicted molar refractivity (Wildman–Crippen MR) is 102 cm³/mol. The maximum absolute atomic E-state index is 12.8. The third-order valence-electron chi connectivity index (χ3n) is 3.91. The van der Waals surface area contributed by atoms with Crippen LogP contribution in [-0.2, 0) is 0 Å². The van der Waals surface area contributed by atoms with Crippen molar-refractivity contribution in [1.82, 2.24) is 9.80 Å². The summed E-state index contributed by atoms with van der Waals surface area (Å²) in [5.41, 5.74) is 2.42. The predicted octanol–water partition coefficient (Wildman–Crippen LogP) is 3.54. The van der Waals surface area contributed by atoms with Gasteiger partial charge in [0.25, 0.3) is 5.91 Å². The summed E-state index contributed by atoms with van der Waals surface area (Å²) in [4.78, 5) is 18.7. The lowest BCUT2D eigenvalue weighted by atomic mass is 10.1. The van der Waals surface area contributed by atoms with Crippen molar-refractivity contribution in [1.29, 1.82) is 0 Å². The molecule has 25 heavy (non-hydrogen) atoms. The van der Waals surface area contributed by atoms with Gasteiger partial charge in [0.1, 0.15) is 17.9 Å². The van der Waals surface area contributed by atoms with Crippen LogP contribution in [0.4, 0.5) is 11.4 Å². The lowest BCUT2D eigenvalue weighted by Gasteiger charge is -2.26. The van der Waals surface area contributed by atoms with Gasteiger partial charge in [0.15, 0.2) is 0 Å². The minimum absolute atomic E-state index is 0.0656. The Kier molecular flexibility index (Phi) is 5.20. The standard InChI is InChI=1S/C19H23N3O2S/c1-21(2)11-12-24-14-9-10-16-18(17(14)19(23)22(3)4)20-13-7-5-6-8-15(13)25-16/h5-10,20H,11-12H2,1-4H3. The van der Waals surface area contributed by atoms with Gasteiger partial charge in [-0.2, -0.15) is 0 Å². The number of benzene rings is 2. The minimum atomic E-state index is -0.0656. The lowest BCUT2D eigenvalue weighted by Crippen LogP contribution is -2.25. The van der Waals surface area contributed by atoms with Crippen LogP contribution < -0.4 is 10.1 Å². The van der Waals surface area contributed by atoms with Gasteiger partial charge in [0.2, 0.25) is 0 Å². The van der Waals surface area contributed by atoms with Crippen LogP contribution in [0.1, 0.15) is 10.4 Å². The smallest absolute Gasteiger partial charge is 0.259 e. The molecule has 6 heteroatoms. The molecule has 0 aromatic heterocycles. The topological polar surface area (TPSA) is 44.8 Å². The van der Waals surface area contributed by atoms with E-state index in [1.54, 1.807) is 30.8 Å². The summed E-state index contributed by atoms with van der Waals surface area (Å²) in [6.07, 6.45) is 0. The number of carbonyl (C=O) groups excluding carboxylic acids is 1. The fraction of sp³-hybridized carbons (Fsp3) is 0.316. The maximum atomic E-state index is 12.8. The van der Waals surface area contributed by atoms with Crippen molar-refractivity contribution in [2.24, 2.45) is 0 Å². The van der Waals surface area contributed by atoms with Crippen LogP contribution in [0.25, 0.3) is 0 Å². The monoisotopic (exact) mass is 357 g/mol. The molecular weight excluding hydrogens is 334 g/mol. The molecule has 2 aromatic carbocycles. The molecule has 1 aliphatic rings. The Morgan fingerprint density at radius 2 is 1.84 bits per heavy atom. The average Bonchev–Trinajstić information content (AvgIpc) is 2.58. The number of rotatable bonds is 5. The van der Waals surface area contributed by atoms with Crippen molar-refractivity contribution in [3.05, 3.63) is 42.0 Å². The molecule has 0 bridgehead atoms. The number of anilines is 2. The molecule has 0 aliphatic carbocycles. The van der Waals surface area contributed by atoms with E-state index < -0.39 is 0 Å². The van der Waals surface area contributed by atoms with E-state index in [0.717, 1.165) is 27.7 Å². The first-order valence-electron chi connectivity index (χ1n) is 8.17. The number of fused-ring (bicyclic) bond motifs is 2. The highest BCUT2D eigenvalue weighted by atomic mass is 32.2. The van der Waals surface area contributed by atoms with E-state index in [2.05, 4.69) is 16.3 Å². The van der Waals surface area contributed by atoms with Gasteiger partial charge >= 0.3 is 0 Å². The Bertz CT molecular complexity index is 790. The zero-order valence-corrected chi connectivity index (χ0v) is 15.8. The Morgan fingerprint density at radius 3 is 2.56 bits per heavy atom. The van der Waals surface area contributed by atoms with Crippen molar-refractivity contribution < 1.29 is 9.53 Å². The van der Waals surface area contributed by atoms with Crippen molar-refractivity contribution in [3.8, 4) is 5.75 Å². The number of hydrogen-bond acceptors (Lipinski definition) is 5. The van der Waals surface area contributed by atoms with Crippen molar-refractivity contribution in [2.45, 2.75) is 9.79 Å². The molecule has 0 unspecified atom stereocenters. The number of amides is 1. The molecule has 0 fully saturated rings. The SMILES string of the molecule is CN(C)CCOc1ccc2c(c1C(=O)N(C)C)Nc1ccccc1S2. The number of carbonyl (C=O) groups is 1. The highest BCUT2D eigenvalue weighted by molar-refractivity contribution is 7.99. The normalized spacial score (nSPS) is 12.2. The summed E-state index contributed by atoms with van der Waals surface area (Å²) in [5.74, 6) is 0.552. The van der Waals surface area contributed by atoms with Gasteiger partial charge in [0.05, 0.1) is 11.4 Å². The molecule has 1 N–H and O–H groups in total. The third-order valence-corrected chi connectivity index (χ3v) is 5.05. The van der Waals surface area contributed by atoms with Crippen LogP contribution in [-0.4, -0.2) is 57.0 Å². The molecule has 132 valence electrons. The zero-order valence-electron chi connectivity index (χ0n) is 15.0. The van der Waals surface area contributed by atoms with Gasteiger partial charge < -0.3 is 19.9 Å². The number of hydrogen-bond donors (Lipinski definition) is 1. The van der Waals surface area contributed by atoms with Gasteiger partial charge in [-0.15, -0.1) is 0 Å².